The summed E-state index contributed by atoms with van der Waals surface area (Å²) in [5.74, 6) is 1.84. The molecule has 0 bridgehead atoms. The van der Waals surface area contributed by atoms with Crippen LogP contribution < -0.4 is 9.47 Å². The van der Waals surface area contributed by atoms with Crippen LogP contribution in [0.4, 0.5) is 0 Å². The summed E-state index contributed by atoms with van der Waals surface area (Å²) in [5, 5.41) is 13.1. The van der Waals surface area contributed by atoms with Gasteiger partial charge in [-0.25, -0.2) is 0 Å². The Hall–Kier alpha value is -2.39. The second kappa shape index (κ2) is 5.60. The fourth-order valence-electron chi connectivity index (χ4n) is 3.52. The van der Waals surface area contributed by atoms with E-state index in [9.17, 15) is 5.11 Å². The zero-order valence-electron chi connectivity index (χ0n) is 13.5. The second-order valence-corrected chi connectivity index (χ2v) is 6.33. The Morgan fingerprint density at radius 1 is 0.917 bits per heavy atom. The van der Waals surface area contributed by atoms with Crippen molar-refractivity contribution in [3.8, 4) is 28.4 Å². The average Bonchev–Trinajstić information content (AvgIpc) is 2.64. The monoisotopic (exact) mass is 340 g/mol. The number of halogens is 1. The molecule has 122 valence electrons. The van der Waals surface area contributed by atoms with Gasteiger partial charge in [0, 0.05) is 21.9 Å². The van der Waals surface area contributed by atoms with Crippen LogP contribution in [0.1, 0.15) is 11.1 Å². The van der Waals surface area contributed by atoms with E-state index < -0.39 is 0 Å². The van der Waals surface area contributed by atoms with Gasteiger partial charge >= 0.3 is 0 Å². The van der Waals surface area contributed by atoms with Gasteiger partial charge < -0.3 is 14.6 Å². The van der Waals surface area contributed by atoms with Gasteiger partial charge in [0.2, 0.25) is 0 Å². The number of ether oxygens (including phenoxy) is 2. The molecule has 0 atom stereocenters. The number of rotatable bonds is 2. The molecular formula is C20H17ClO3. The summed E-state index contributed by atoms with van der Waals surface area (Å²) in [6, 6.07) is 11.6. The Kier molecular flexibility index (Phi) is 3.54. The molecule has 3 aromatic carbocycles. The van der Waals surface area contributed by atoms with Gasteiger partial charge in [0.1, 0.15) is 17.2 Å². The third-order valence-corrected chi connectivity index (χ3v) is 5.14. The van der Waals surface area contributed by atoms with Gasteiger partial charge in [-0.05, 0) is 54.3 Å². The maximum absolute atomic E-state index is 10.8. The molecule has 3 nitrogen and oxygen atoms in total. The van der Waals surface area contributed by atoms with Crippen molar-refractivity contribution in [3.05, 3.63) is 52.5 Å². The number of hydrogen-bond donors (Lipinski definition) is 1. The molecule has 24 heavy (non-hydrogen) atoms. The lowest BCUT2D eigenvalue weighted by Gasteiger charge is -2.24. The number of benzene rings is 3. The zero-order chi connectivity index (χ0) is 16.8. The highest BCUT2D eigenvalue weighted by Gasteiger charge is 2.25. The van der Waals surface area contributed by atoms with Gasteiger partial charge in [0.05, 0.1) is 19.2 Å². The fourth-order valence-corrected chi connectivity index (χ4v) is 3.90. The Balaban J connectivity index is 2.04. The molecule has 0 saturated heterocycles. The van der Waals surface area contributed by atoms with Crippen molar-refractivity contribution < 1.29 is 14.6 Å². The highest BCUT2D eigenvalue weighted by molar-refractivity contribution is 6.39. The summed E-state index contributed by atoms with van der Waals surface area (Å²) >= 11 is 6.75. The van der Waals surface area contributed by atoms with Gasteiger partial charge in [-0.1, -0.05) is 17.7 Å². The fraction of sp³-hybridized carbons (Fsp3) is 0.200. The van der Waals surface area contributed by atoms with Crippen LogP contribution >= 0.6 is 11.6 Å². The zero-order valence-corrected chi connectivity index (χ0v) is 14.3. The molecule has 1 aliphatic carbocycles. The molecule has 0 fully saturated rings. The van der Waals surface area contributed by atoms with E-state index in [0.29, 0.717) is 16.5 Å². The molecule has 0 amide bonds. The summed E-state index contributed by atoms with van der Waals surface area (Å²) in [5.41, 5.74) is 4.08. The van der Waals surface area contributed by atoms with Gasteiger partial charge in [-0.15, -0.1) is 0 Å². The van der Waals surface area contributed by atoms with Crippen LogP contribution in [0, 0.1) is 0 Å². The van der Waals surface area contributed by atoms with Crippen molar-refractivity contribution in [2.45, 2.75) is 12.8 Å². The average molecular weight is 341 g/mol. The first-order valence-electron chi connectivity index (χ1n) is 7.82. The molecule has 0 unspecified atom stereocenters. The van der Waals surface area contributed by atoms with Gasteiger partial charge in [0.25, 0.3) is 0 Å². The summed E-state index contributed by atoms with van der Waals surface area (Å²) < 4.78 is 10.6. The minimum absolute atomic E-state index is 0.296. The first-order valence-corrected chi connectivity index (χ1v) is 8.20. The van der Waals surface area contributed by atoms with Crippen molar-refractivity contribution in [3.63, 3.8) is 0 Å². The quantitative estimate of drug-likeness (QED) is 0.715. The van der Waals surface area contributed by atoms with Crippen LogP contribution in [-0.4, -0.2) is 19.3 Å². The predicted octanol–water partition coefficient (Wildman–Crippen LogP) is 4.98. The molecule has 4 heteroatoms. The molecule has 0 aliphatic heterocycles. The van der Waals surface area contributed by atoms with Gasteiger partial charge in [0.15, 0.2) is 0 Å². The van der Waals surface area contributed by atoms with Crippen LogP contribution in [0.25, 0.3) is 21.9 Å². The normalized spacial score (nSPS) is 12.6. The molecule has 4 rings (SSSR count). The number of fused-ring (bicyclic) bond motifs is 4. The predicted molar refractivity (Wildman–Crippen MR) is 96.6 cm³/mol. The number of aromatic hydroxyl groups is 1. The number of methoxy groups -OCH3 is 2. The molecule has 0 aromatic heterocycles. The molecular weight excluding hydrogens is 324 g/mol. The Morgan fingerprint density at radius 3 is 2.38 bits per heavy atom. The summed E-state index contributed by atoms with van der Waals surface area (Å²) in [4.78, 5) is 0. The van der Waals surface area contributed by atoms with Gasteiger partial charge in [-0.2, -0.15) is 0 Å². The largest absolute Gasteiger partial charge is 0.507 e. The Labute approximate surface area is 145 Å². The summed E-state index contributed by atoms with van der Waals surface area (Å²) in [6.07, 6.45) is 1.59. The molecule has 1 N–H and O–H groups in total. The van der Waals surface area contributed by atoms with Gasteiger partial charge in [-0.3, -0.25) is 0 Å². The van der Waals surface area contributed by atoms with Crippen LogP contribution in [0.5, 0.6) is 17.2 Å². The highest BCUT2D eigenvalue weighted by Crippen LogP contribution is 2.48. The number of hydrogen-bond acceptors (Lipinski definition) is 3. The molecule has 0 radical (unpaired) electrons. The first kappa shape index (κ1) is 15.2. The topological polar surface area (TPSA) is 38.7 Å². The molecule has 0 spiro atoms. The lowest BCUT2D eigenvalue weighted by atomic mass is 9.83. The number of aryl methyl sites for hydroxylation is 1. The van der Waals surface area contributed by atoms with Crippen LogP contribution in [0.2, 0.25) is 5.02 Å². The maximum Gasteiger partial charge on any atom is 0.127 e. The Bertz CT molecular complexity index is 963. The van der Waals surface area contributed by atoms with Crippen LogP contribution in [0.15, 0.2) is 36.4 Å². The van der Waals surface area contributed by atoms with E-state index in [4.69, 9.17) is 21.1 Å². The molecule has 3 aromatic rings. The molecule has 0 heterocycles. The number of phenols is 1. The van der Waals surface area contributed by atoms with E-state index in [1.54, 1.807) is 14.2 Å². The lowest BCUT2D eigenvalue weighted by Crippen LogP contribution is -2.06. The SMILES string of the molecule is COc1ccc2c(c1)CCc1c-2c(Cl)c2ccc(OC)cc2c1O. The van der Waals surface area contributed by atoms with Crippen molar-refractivity contribution in [1.82, 2.24) is 0 Å². The minimum Gasteiger partial charge on any atom is -0.507 e. The van der Waals surface area contributed by atoms with E-state index >= 15 is 0 Å². The van der Waals surface area contributed by atoms with Crippen molar-refractivity contribution in [1.29, 1.82) is 0 Å². The van der Waals surface area contributed by atoms with E-state index in [2.05, 4.69) is 0 Å². The van der Waals surface area contributed by atoms with E-state index in [0.717, 1.165) is 46.1 Å². The smallest absolute Gasteiger partial charge is 0.127 e. The third-order valence-electron chi connectivity index (χ3n) is 4.75. The van der Waals surface area contributed by atoms with E-state index in [1.807, 2.05) is 36.4 Å². The second-order valence-electron chi connectivity index (χ2n) is 5.95. The standard InChI is InChI=1S/C20H17ClO3/c1-23-12-4-7-14-11(9-12)3-6-16-18(14)19(21)15-8-5-13(24-2)10-17(15)20(16)22/h4-5,7-10,22H,3,6H2,1-2H3. The van der Waals surface area contributed by atoms with E-state index in [-0.39, 0.29) is 0 Å². The first-order chi connectivity index (χ1) is 11.6. The molecule has 0 saturated carbocycles. The van der Waals surface area contributed by atoms with Crippen LogP contribution in [0.3, 0.4) is 0 Å². The van der Waals surface area contributed by atoms with E-state index in [1.165, 1.54) is 5.56 Å². The highest BCUT2D eigenvalue weighted by atomic mass is 35.5. The summed E-state index contributed by atoms with van der Waals surface area (Å²) in [6.45, 7) is 0. The lowest BCUT2D eigenvalue weighted by molar-refractivity contribution is 0.414. The maximum atomic E-state index is 10.8. The minimum atomic E-state index is 0.296. The van der Waals surface area contributed by atoms with Crippen molar-refractivity contribution in [2.75, 3.05) is 14.2 Å². The third kappa shape index (κ3) is 2.12. The summed E-state index contributed by atoms with van der Waals surface area (Å²) in [7, 11) is 3.28. The van der Waals surface area contributed by atoms with Crippen molar-refractivity contribution in [2.24, 2.45) is 0 Å². The Morgan fingerprint density at radius 2 is 1.62 bits per heavy atom. The molecule has 1 aliphatic rings. The number of phenolic OH excluding ortho intramolecular Hbond substituents is 1. The van der Waals surface area contributed by atoms with Crippen molar-refractivity contribution >= 4 is 22.4 Å². The van der Waals surface area contributed by atoms with Crippen LogP contribution in [-0.2, 0) is 12.8 Å².